The number of hydrogen-bond donors (Lipinski definition) is 1. The van der Waals surface area contributed by atoms with E-state index in [4.69, 9.17) is 4.74 Å². The van der Waals surface area contributed by atoms with E-state index in [1.165, 1.54) is 5.56 Å². The third-order valence-electron chi connectivity index (χ3n) is 6.28. The minimum Gasteiger partial charge on any atom is -0.373 e. The van der Waals surface area contributed by atoms with Gasteiger partial charge in [0.25, 0.3) is 0 Å². The predicted molar refractivity (Wildman–Crippen MR) is 107 cm³/mol. The summed E-state index contributed by atoms with van der Waals surface area (Å²) < 4.78 is 5.91. The van der Waals surface area contributed by atoms with Gasteiger partial charge in [-0.1, -0.05) is 30.3 Å². The molecule has 28 heavy (non-hydrogen) atoms. The lowest BCUT2D eigenvalue weighted by Gasteiger charge is -2.38. The van der Waals surface area contributed by atoms with Crippen LogP contribution in [0.2, 0.25) is 0 Å². The molecule has 152 valence electrons. The van der Waals surface area contributed by atoms with Gasteiger partial charge in [-0.05, 0) is 44.1 Å². The first-order chi connectivity index (χ1) is 13.7. The first kappa shape index (κ1) is 19.2. The third kappa shape index (κ3) is 4.66. The highest BCUT2D eigenvalue weighted by atomic mass is 16.5. The molecule has 1 N–H and O–H groups in total. The molecular formula is C22H31N3O3. The molecule has 4 rings (SSSR count). The largest absolute Gasteiger partial charge is 0.373 e. The molecule has 0 spiro atoms. The number of hydrogen-bond acceptors (Lipinski definition) is 3. The summed E-state index contributed by atoms with van der Waals surface area (Å²) in [5.74, 6) is 0.187. The number of nitrogens with zero attached hydrogens (tertiary/aromatic N) is 2. The van der Waals surface area contributed by atoms with Crippen molar-refractivity contribution in [2.45, 2.75) is 57.3 Å². The average Bonchev–Trinajstić information content (AvgIpc) is 3.24. The SMILES string of the molecule is O=C(NC1CC(OCc2ccccc2)C1)C1CCN(C(=O)N2CCCC2)CC1. The van der Waals surface area contributed by atoms with Crippen LogP contribution in [0.3, 0.4) is 0 Å². The molecule has 3 amide bonds. The first-order valence-corrected chi connectivity index (χ1v) is 10.7. The van der Waals surface area contributed by atoms with Crippen LogP contribution in [0.1, 0.15) is 44.1 Å². The van der Waals surface area contributed by atoms with Crippen molar-refractivity contribution in [3.63, 3.8) is 0 Å². The number of urea groups is 1. The zero-order valence-corrected chi connectivity index (χ0v) is 16.5. The number of piperidine rings is 1. The van der Waals surface area contributed by atoms with Crippen LogP contribution in [-0.2, 0) is 16.1 Å². The summed E-state index contributed by atoms with van der Waals surface area (Å²) in [7, 11) is 0. The maximum Gasteiger partial charge on any atom is 0.319 e. The molecule has 1 aliphatic carbocycles. The van der Waals surface area contributed by atoms with Crippen LogP contribution < -0.4 is 5.32 Å². The Hall–Kier alpha value is -2.08. The van der Waals surface area contributed by atoms with Gasteiger partial charge in [-0.15, -0.1) is 0 Å². The van der Waals surface area contributed by atoms with Crippen LogP contribution >= 0.6 is 0 Å². The van der Waals surface area contributed by atoms with Gasteiger partial charge in [-0.2, -0.15) is 0 Å². The number of nitrogens with one attached hydrogen (secondary N) is 1. The summed E-state index contributed by atoms with van der Waals surface area (Å²) >= 11 is 0. The molecule has 0 atom stereocenters. The van der Waals surface area contributed by atoms with Crippen molar-refractivity contribution in [3.05, 3.63) is 35.9 Å². The van der Waals surface area contributed by atoms with Gasteiger partial charge < -0.3 is 19.9 Å². The van der Waals surface area contributed by atoms with E-state index < -0.39 is 0 Å². The maximum absolute atomic E-state index is 12.6. The molecule has 1 aromatic rings. The monoisotopic (exact) mass is 385 g/mol. The van der Waals surface area contributed by atoms with Crippen molar-refractivity contribution in [1.82, 2.24) is 15.1 Å². The van der Waals surface area contributed by atoms with Gasteiger partial charge in [0.15, 0.2) is 0 Å². The van der Waals surface area contributed by atoms with Crippen LogP contribution in [0.4, 0.5) is 4.79 Å². The summed E-state index contributed by atoms with van der Waals surface area (Å²) in [4.78, 5) is 28.9. The van der Waals surface area contributed by atoms with Crippen molar-refractivity contribution in [1.29, 1.82) is 0 Å². The molecule has 2 aliphatic heterocycles. The molecule has 2 heterocycles. The number of carbonyl (C=O) groups excluding carboxylic acids is 2. The Morgan fingerprint density at radius 1 is 0.964 bits per heavy atom. The van der Waals surface area contributed by atoms with Crippen molar-refractivity contribution in [2.75, 3.05) is 26.2 Å². The minimum atomic E-state index is 0.0342. The normalized spacial score (nSPS) is 25.4. The van der Waals surface area contributed by atoms with Crippen LogP contribution in [0.5, 0.6) is 0 Å². The maximum atomic E-state index is 12.6. The summed E-state index contributed by atoms with van der Waals surface area (Å²) in [6, 6.07) is 10.6. The summed E-state index contributed by atoms with van der Waals surface area (Å²) in [5, 5.41) is 3.18. The van der Waals surface area contributed by atoms with E-state index in [2.05, 4.69) is 17.4 Å². The molecular weight excluding hydrogens is 354 g/mol. The lowest BCUT2D eigenvalue weighted by Crippen LogP contribution is -2.52. The van der Waals surface area contributed by atoms with E-state index in [1.54, 1.807) is 0 Å². The standard InChI is InChI=1S/C22H31N3O3/c26-21(18-8-12-25(13-9-18)22(27)24-10-4-5-11-24)23-19-14-20(15-19)28-16-17-6-2-1-3-7-17/h1-3,6-7,18-20H,4-5,8-16H2,(H,23,26). The molecule has 1 saturated carbocycles. The van der Waals surface area contributed by atoms with Gasteiger partial charge in [-0.3, -0.25) is 4.79 Å². The fourth-order valence-corrected chi connectivity index (χ4v) is 4.37. The van der Waals surface area contributed by atoms with E-state index >= 15 is 0 Å². The Balaban J connectivity index is 1.12. The highest BCUT2D eigenvalue weighted by molar-refractivity contribution is 5.80. The van der Waals surface area contributed by atoms with E-state index in [0.29, 0.717) is 19.7 Å². The lowest BCUT2D eigenvalue weighted by atomic mass is 9.87. The third-order valence-corrected chi connectivity index (χ3v) is 6.28. The quantitative estimate of drug-likeness (QED) is 0.848. The second-order valence-corrected chi connectivity index (χ2v) is 8.33. The smallest absolute Gasteiger partial charge is 0.319 e. The predicted octanol–water partition coefficient (Wildman–Crippen LogP) is 2.78. The minimum absolute atomic E-state index is 0.0342. The van der Waals surface area contributed by atoms with Crippen LogP contribution in [-0.4, -0.2) is 60.1 Å². The number of amides is 3. The zero-order chi connectivity index (χ0) is 19.3. The second-order valence-electron chi connectivity index (χ2n) is 8.33. The van der Waals surface area contributed by atoms with Gasteiger partial charge in [0.05, 0.1) is 12.7 Å². The molecule has 6 heteroatoms. The highest BCUT2D eigenvalue weighted by Gasteiger charge is 2.35. The van der Waals surface area contributed by atoms with Crippen LogP contribution in [0, 0.1) is 5.92 Å². The Labute approximate surface area is 167 Å². The summed E-state index contributed by atoms with van der Waals surface area (Å²) in [6.45, 7) is 3.79. The van der Waals surface area contributed by atoms with E-state index in [-0.39, 0.29) is 30.0 Å². The Kier molecular flexibility index (Phi) is 6.15. The number of rotatable bonds is 5. The van der Waals surface area contributed by atoms with E-state index in [9.17, 15) is 9.59 Å². The molecule has 1 aromatic carbocycles. The topological polar surface area (TPSA) is 61.9 Å². The summed E-state index contributed by atoms with van der Waals surface area (Å²) in [6.07, 6.45) is 5.79. The Morgan fingerprint density at radius 2 is 1.61 bits per heavy atom. The lowest BCUT2D eigenvalue weighted by molar-refractivity contribution is -0.129. The van der Waals surface area contributed by atoms with Gasteiger partial charge in [0, 0.05) is 38.1 Å². The van der Waals surface area contributed by atoms with Crippen molar-refractivity contribution >= 4 is 11.9 Å². The van der Waals surface area contributed by atoms with Crippen LogP contribution in [0.15, 0.2) is 30.3 Å². The zero-order valence-electron chi connectivity index (χ0n) is 16.5. The fraction of sp³-hybridized carbons (Fsp3) is 0.636. The van der Waals surface area contributed by atoms with E-state index in [1.807, 2.05) is 28.0 Å². The molecule has 0 bridgehead atoms. The molecule has 0 radical (unpaired) electrons. The fourth-order valence-electron chi connectivity index (χ4n) is 4.37. The summed E-state index contributed by atoms with van der Waals surface area (Å²) in [5.41, 5.74) is 1.19. The average molecular weight is 386 g/mol. The van der Waals surface area contributed by atoms with Gasteiger partial charge >= 0.3 is 6.03 Å². The number of carbonyl (C=O) groups is 2. The van der Waals surface area contributed by atoms with Gasteiger partial charge in [0.2, 0.25) is 5.91 Å². The number of benzene rings is 1. The second kappa shape index (κ2) is 8.95. The molecule has 0 unspecified atom stereocenters. The van der Waals surface area contributed by atoms with Gasteiger partial charge in [0.1, 0.15) is 0 Å². The molecule has 6 nitrogen and oxygen atoms in total. The van der Waals surface area contributed by atoms with Gasteiger partial charge in [-0.25, -0.2) is 4.79 Å². The van der Waals surface area contributed by atoms with E-state index in [0.717, 1.165) is 51.6 Å². The van der Waals surface area contributed by atoms with Crippen molar-refractivity contribution < 1.29 is 14.3 Å². The molecule has 0 aromatic heterocycles. The molecule has 2 saturated heterocycles. The molecule has 3 aliphatic rings. The van der Waals surface area contributed by atoms with Crippen LogP contribution in [0.25, 0.3) is 0 Å². The first-order valence-electron chi connectivity index (χ1n) is 10.7. The Bertz CT molecular complexity index is 661. The highest BCUT2D eigenvalue weighted by Crippen LogP contribution is 2.26. The van der Waals surface area contributed by atoms with Crippen molar-refractivity contribution in [3.8, 4) is 0 Å². The molecule has 3 fully saturated rings. The van der Waals surface area contributed by atoms with Crippen molar-refractivity contribution in [2.24, 2.45) is 5.92 Å². The number of likely N-dealkylation sites (tertiary alicyclic amines) is 2. The Morgan fingerprint density at radius 3 is 2.29 bits per heavy atom. The number of ether oxygens (including phenoxy) is 1.